The molecular weight excluding hydrogens is 442 g/mol. The zero-order valence-electron chi connectivity index (χ0n) is 20.7. The van der Waals surface area contributed by atoms with Crippen molar-refractivity contribution in [3.05, 3.63) is 59.4 Å². The number of nitrogens with two attached hydrogens (primary N) is 1. The highest BCUT2D eigenvalue weighted by atomic mass is 16.4. The lowest BCUT2D eigenvalue weighted by Gasteiger charge is -2.37. The molecule has 5 rings (SSSR count). The van der Waals surface area contributed by atoms with Crippen LogP contribution in [0.5, 0.6) is 0 Å². The first-order chi connectivity index (χ1) is 16.8. The van der Waals surface area contributed by atoms with Gasteiger partial charge < -0.3 is 25.6 Å². The number of hydrogen-bond donors (Lipinski definition) is 3. The van der Waals surface area contributed by atoms with Crippen LogP contribution in [0.15, 0.2) is 42.5 Å². The number of aliphatic carboxylic acids is 1. The minimum Gasteiger partial charge on any atom is -0.481 e. The van der Waals surface area contributed by atoms with Crippen LogP contribution in [0, 0.1) is 5.92 Å². The predicted octanol–water partition coefficient (Wildman–Crippen LogP) is 4.93. The maximum atomic E-state index is 13.0. The topological polar surface area (TPSA) is 113 Å². The van der Waals surface area contributed by atoms with Gasteiger partial charge in [0, 0.05) is 38.2 Å². The van der Waals surface area contributed by atoms with E-state index in [0.717, 1.165) is 60.8 Å². The zero-order chi connectivity index (χ0) is 25.1. The number of amides is 2. The van der Waals surface area contributed by atoms with Crippen molar-refractivity contribution in [2.24, 2.45) is 11.7 Å². The van der Waals surface area contributed by atoms with Crippen molar-refractivity contribution >= 4 is 28.7 Å². The Bertz CT molecular complexity index is 1210. The molecule has 1 aromatic heterocycles. The number of nitrogens with zero attached hydrogens (tertiary/aromatic N) is 3. The van der Waals surface area contributed by atoms with Gasteiger partial charge in [-0.1, -0.05) is 38.1 Å². The second-order valence-corrected chi connectivity index (χ2v) is 9.78. The summed E-state index contributed by atoms with van der Waals surface area (Å²) in [5.41, 5.74) is 11.2. The summed E-state index contributed by atoms with van der Waals surface area (Å²) in [6.45, 7) is 7.02. The van der Waals surface area contributed by atoms with E-state index in [4.69, 9.17) is 20.6 Å². The fourth-order valence-corrected chi connectivity index (χ4v) is 4.67. The number of fused-ring (bicyclic) bond motifs is 2. The van der Waals surface area contributed by atoms with E-state index in [0.29, 0.717) is 24.9 Å². The Morgan fingerprint density at radius 1 is 1.23 bits per heavy atom. The van der Waals surface area contributed by atoms with Gasteiger partial charge in [0.05, 0.1) is 17.1 Å². The lowest BCUT2D eigenvalue weighted by molar-refractivity contribution is -0.134. The number of anilines is 1. The molecule has 2 amide bonds. The van der Waals surface area contributed by atoms with E-state index < -0.39 is 5.97 Å². The van der Waals surface area contributed by atoms with Crippen LogP contribution >= 0.6 is 0 Å². The van der Waals surface area contributed by atoms with Crippen LogP contribution in [0.25, 0.3) is 11.0 Å². The Hall–Kier alpha value is -3.39. The molecule has 8 heteroatoms. The molecule has 1 aliphatic carbocycles. The standard InChI is InChI=1S/C25H31N5O.C2H4O2/c1-16(2)11-12-29-22-10-7-17(15-26)13-21(22)27-24(29)14-23-19-5-3-4-6-20(19)28-25(31)30(23)18-8-9-18;1-2(3)4/h3-7,10,13,16,18,23H,8-9,11-12,14-15,26H2,1-2H3,(H,28,31);1H3,(H,3,4). The fraction of sp³-hybridized carbons (Fsp3) is 0.444. The lowest BCUT2D eigenvalue weighted by atomic mass is 9.97. The molecule has 186 valence electrons. The Morgan fingerprint density at radius 3 is 2.60 bits per heavy atom. The van der Waals surface area contributed by atoms with Crippen LogP contribution < -0.4 is 11.1 Å². The molecule has 2 heterocycles. The number of carboxylic acids is 1. The number of carbonyl (C=O) groups is 2. The van der Waals surface area contributed by atoms with Gasteiger partial charge in [0.15, 0.2) is 0 Å². The van der Waals surface area contributed by atoms with Crippen LogP contribution in [-0.2, 0) is 24.3 Å². The van der Waals surface area contributed by atoms with Gasteiger partial charge >= 0.3 is 6.03 Å². The number of urea groups is 1. The second-order valence-electron chi connectivity index (χ2n) is 9.78. The highest BCUT2D eigenvalue weighted by molar-refractivity contribution is 5.93. The molecule has 8 nitrogen and oxygen atoms in total. The highest BCUT2D eigenvalue weighted by Gasteiger charge is 2.42. The molecule has 3 aromatic rings. The van der Waals surface area contributed by atoms with E-state index in [1.807, 2.05) is 12.1 Å². The van der Waals surface area contributed by atoms with E-state index in [2.05, 4.69) is 59.0 Å². The zero-order valence-corrected chi connectivity index (χ0v) is 20.7. The van der Waals surface area contributed by atoms with E-state index in [1.54, 1.807) is 0 Å². The van der Waals surface area contributed by atoms with Crippen molar-refractivity contribution < 1.29 is 14.7 Å². The molecule has 1 fully saturated rings. The summed E-state index contributed by atoms with van der Waals surface area (Å²) in [6, 6.07) is 14.9. The van der Waals surface area contributed by atoms with E-state index >= 15 is 0 Å². The lowest BCUT2D eigenvalue weighted by Crippen LogP contribution is -2.44. The Morgan fingerprint density at radius 2 is 1.94 bits per heavy atom. The van der Waals surface area contributed by atoms with Crippen molar-refractivity contribution in [2.75, 3.05) is 5.32 Å². The quantitative estimate of drug-likeness (QED) is 0.447. The van der Waals surface area contributed by atoms with Gasteiger partial charge in [-0.2, -0.15) is 0 Å². The summed E-state index contributed by atoms with van der Waals surface area (Å²) >= 11 is 0. The fourth-order valence-electron chi connectivity index (χ4n) is 4.67. The summed E-state index contributed by atoms with van der Waals surface area (Å²) in [6.07, 6.45) is 3.96. The first-order valence-corrected chi connectivity index (χ1v) is 12.3. The van der Waals surface area contributed by atoms with Crippen LogP contribution in [-0.4, -0.2) is 37.6 Å². The van der Waals surface area contributed by atoms with Crippen molar-refractivity contribution in [1.29, 1.82) is 0 Å². The molecule has 1 unspecified atom stereocenters. The Labute approximate surface area is 206 Å². The first-order valence-electron chi connectivity index (χ1n) is 12.3. The average Bonchev–Trinajstić information content (AvgIpc) is 3.58. The summed E-state index contributed by atoms with van der Waals surface area (Å²) in [7, 11) is 0. The molecule has 0 bridgehead atoms. The Balaban J connectivity index is 0.000000672. The molecule has 1 aliphatic heterocycles. The molecule has 4 N–H and O–H groups in total. The Kier molecular flexibility index (Phi) is 7.40. The number of carbonyl (C=O) groups excluding carboxylic acids is 1. The monoisotopic (exact) mass is 477 g/mol. The van der Waals surface area contributed by atoms with E-state index in [-0.39, 0.29) is 12.1 Å². The van der Waals surface area contributed by atoms with Gasteiger partial charge in [0.1, 0.15) is 5.82 Å². The summed E-state index contributed by atoms with van der Waals surface area (Å²) < 4.78 is 2.36. The minimum absolute atomic E-state index is 0.000964. The molecule has 0 saturated heterocycles. The van der Waals surface area contributed by atoms with Gasteiger partial charge in [-0.25, -0.2) is 9.78 Å². The number of hydrogen-bond acceptors (Lipinski definition) is 4. The maximum absolute atomic E-state index is 13.0. The van der Waals surface area contributed by atoms with Crippen LogP contribution in [0.2, 0.25) is 0 Å². The number of imidazole rings is 1. The van der Waals surface area contributed by atoms with E-state index in [1.165, 1.54) is 5.56 Å². The van der Waals surface area contributed by atoms with Crippen molar-refractivity contribution in [3.63, 3.8) is 0 Å². The van der Waals surface area contributed by atoms with Gasteiger partial charge in [-0.15, -0.1) is 0 Å². The first kappa shape index (κ1) is 24.7. The molecule has 0 radical (unpaired) electrons. The molecule has 1 saturated carbocycles. The van der Waals surface area contributed by atoms with Crippen LogP contribution in [0.3, 0.4) is 0 Å². The van der Waals surface area contributed by atoms with Crippen molar-refractivity contribution in [2.45, 2.75) is 71.6 Å². The summed E-state index contributed by atoms with van der Waals surface area (Å²) in [4.78, 5) is 29.1. The van der Waals surface area contributed by atoms with Gasteiger partial charge in [0.25, 0.3) is 5.97 Å². The number of carboxylic acid groups (broad SMARTS) is 1. The number of aryl methyl sites for hydroxylation is 1. The molecule has 35 heavy (non-hydrogen) atoms. The third-order valence-electron chi connectivity index (χ3n) is 6.51. The second kappa shape index (κ2) is 10.5. The minimum atomic E-state index is -0.833. The van der Waals surface area contributed by atoms with E-state index in [9.17, 15) is 4.79 Å². The molecular formula is C27H35N5O3. The van der Waals surface area contributed by atoms with Crippen molar-refractivity contribution in [1.82, 2.24) is 14.5 Å². The third-order valence-corrected chi connectivity index (χ3v) is 6.51. The normalized spacial score (nSPS) is 17.1. The predicted molar refractivity (Wildman–Crippen MR) is 137 cm³/mol. The number of benzene rings is 2. The molecule has 1 atom stereocenters. The van der Waals surface area contributed by atoms with Crippen LogP contribution in [0.4, 0.5) is 10.5 Å². The molecule has 0 spiro atoms. The summed E-state index contributed by atoms with van der Waals surface area (Å²) in [5.74, 6) is 0.822. The average molecular weight is 478 g/mol. The largest absolute Gasteiger partial charge is 0.481 e. The van der Waals surface area contributed by atoms with Crippen LogP contribution in [0.1, 0.15) is 63.0 Å². The van der Waals surface area contributed by atoms with Gasteiger partial charge in [-0.05, 0) is 54.5 Å². The third kappa shape index (κ3) is 5.65. The SMILES string of the molecule is CC(=O)O.CC(C)CCn1c(CC2c3ccccc3NC(=O)N2C2CC2)nc2cc(CN)ccc21. The molecule has 2 aliphatic rings. The highest BCUT2D eigenvalue weighted by Crippen LogP contribution is 2.42. The number of aromatic nitrogens is 2. The summed E-state index contributed by atoms with van der Waals surface area (Å²) in [5, 5.41) is 10.5. The maximum Gasteiger partial charge on any atom is 0.322 e. The van der Waals surface area contributed by atoms with Gasteiger partial charge in [-0.3, -0.25) is 4.79 Å². The van der Waals surface area contributed by atoms with Crippen molar-refractivity contribution in [3.8, 4) is 0 Å². The molecule has 2 aromatic carbocycles. The number of nitrogens with one attached hydrogen (secondary N) is 1. The number of rotatable bonds is 7. The van der Waals surface area contributed by atoms with Gasteiger partial charge in [0.2, 0.25) is 0 Å². The number of para-hydroxylation sites is 1. The smallest absolute Gasteiger partial charge is 0.322 e.